The number of rotatable bonds is 9. The summed E-state index contributed by atoms with van der Waals surface area (Å²) in [6.45, 7) is 10.9. The van der Waals surface area contributed by atoms with Crippen molar-refractivity contribution in [3.05, 3.63) is 75.2 Å². The average Bonchev–Trinajstić information content (AvgIpc) is 3.61. The largest absolute Gasteiger partial charge is 0.467 e. The van der Waals surface area contributed by atoms with E-state index in [1.165, 1.54) is 5.56 Å². The Morgan fingerprint density at radius 2 is 2.06 bits per heavy atom. The topological polar surface area (TPSA) is 102 Å². The van der Waals surface area contributed by atoms with Crippen molar-refractivity contribution in [1.29, 1.82) is 0 Å². The summed E-state index contributed by atoms with van der Waals surface area (Å²) in [5, 5.41) is 13.7. The molecule has 4 heterocycles. The van der Waals surface area contributed by atoms with Crippen LogP contribution in [0.1, 0.15) is 61.0 Å². The molecule has 190 valence electrons. The number of aromatic nitrogens is 5. The first-order valence-electron chi connectivity index (χ1n) is 12.7. The van der Waals surface area contributed by atoms with Gasteiger partial charge in [-0.05, 0) is 89.9 Å². The number of pyridine rings is 1. The summed E-state index contributed by atoms with van der Waals surface area (Å²) in [5.74, 6) is 1.73. The van der Waals surface area contributed by atoms with Crippen LogP contribution in [0.2, 0.25) is 0 Å². The molecule has 9 nitrogen and oxygen atoms in total. The van der Waals surface area contributed by atoms with Gasteiger partial charge in [0, 0.05) is 30.8 Å². The van der Waals surface area contributed by atoms with Gasteiger partial charge in [-0.15, -0.1) is 5.10 Å². The molecule has 1 N–H and O–H groups in total. The lowest BCUT2D eigenvalue weighted by atomic mass is 9.99. The van der Waals surface area contributed by atoms with E-state index < -0.39 is 0 Å². The molecule has 0 bridgehead atoms. The number of H-pyrrole nitrogens is 1. The van der Waals surface area contributed by atoms with Crippen LogP contribution in [-0.4, -0.2) is 49.3 Å². The molecule has 1 aromatic carbocycles. The van der Waals surface area contributed by atoms with Gasteiger partial charge in [-0.25, -0.2) is 4.68 Å². The molecule has 9 heteroatoms. The SMILES string of the molecule is Cc1cc2cc(CN(C[C@@H]3CCCO3)[C@H](c3nnnn3Cc3ccco3)C(C)C)c(=O)[nH]c2cc1C. The van der Waals surface area contributed by atoms with Gasteiger partial charge in [0.1, 0.15) is 12.3 Å². The predicted molar refractivity (Wildman–Crippen MR) is 137 cm³/mol. The fraction of sp³-hybridized carbons (Fsp3) is 0.481. The molecule has 2 atom stereocenters. The maximum absolute atomic E-state index is 13.2. The van der Waals surface area contributed by atoms with E-state index >= 15 is 0 Å². The van der Waals surface area contributed by atoms with Crippen LogP contribution < -0.4 is 5.56 Å². The van der Waals surface area contributed by atoms with Gasteiger partial charge in [0.25, 0.3) is 5.56 Å². The molecule has 0 radical (unpaired) electrons. The number of aromatic amines is 1. The van der Waals surface area contributed by atoms with Gasteiger partial charge in [-0.1, -0.05) is 13.8 Å². The second-order valence-corrected chi connectivity index (χ2v) is 10.2. The molecule has 0 saturated carbocycles. The fourth-order valence-corrected chi connectivity index (χ4v) is 5.15. The minimum Gasteiger partial charge on any atom is -0.467 e. The van der Waals surface area contributed by atoms with Crippen molar-refractivity contribution in [2.75, 3.05) is 13.2 Å². The molecule has 0 aliphatic carbocycles. The quantitative estimate of drug-likeness (QED) is 0.376. The van der Waals surface area contributed by atoms with Crippen LogP contribution in [0.15, 0.2) is 45.8 Å². The number of furan rings is 1. The van der Waals surface area contributed by atoms with Crippen molar-refractivity contribution >= 4 is 10.9 Å². The van der Waals surface area contributed by atoms with Crippen LogP contribution in [0.25, 0.3) is 10.9 Å². The molecular formula is C27H34N6O3. The van der Waals surface area contributed by atoms with Crippen LogP contribution in [0.3, 0.4) is 0 Å². The highest BCUT2D eigenvalue weighted by atomic mass is 16.5. The Kier molecular flexibility index (Phi) is 7.02. The van der Waals surface area contributed by atoms with E-state index in [0.717, 1.165) is 53.1 Å². The van der Waals surface area contributed by atoms with Gasteiger partial charge in [-0.3, -0.25) is 9.69 Å². The maximum Gasteiger partial charge on any atom is 0.252 e. The Balaban J connectivity index is 1.52. The van der Waals surface area contributed by atoms with Gasteiger partial charge < -0.3 is 14.1 Å². The zero-order chi connectivity index (χ0) is 25.2. The number of nitrogens with zero attached hydrogens (tertiary/aromatic N) is 5. The van der Waals surface area contributed by atoms with E-state index in [9.17, 15) is 4.79 Å². The first-order chi connectivity index (χ1) is 17.4. The van der Waals surface area contributed by atoms with Crippen molar-refractivity contribution in [2.24, 2.45) is 5.92 Å². The minimum absolute atomic E-state index is 0.0687. The molecule has 3 aromatic heterocycles. The molecule has 0 spiro atoms. The van der Waals surface area contributed by atoms with E-state index in [-0.39, 0.29) is 23.6 Å². The summed E-state index contributed by atoms with van der Waals surface area (Å²) in [6, 6.07) is 9.86. The Bertz CT molecular complexity index is 1370. The zero-order valence-electron chi connectivity index (χ0n) is 21.4. The van der Waals surface area contributed by atoms with Crippen molar-refractivity contribution < 1.29 is 9.15 Å². The number of aryl methyl sites for hydroxylation is 2. The third-order valence-corrected chi connectivity index (χ3v) is 7.11. The summed E-state index contributed by atoms with van der Waals surface area (Å²) in [7, 11) is 0. The van der Waals surface area contributed by atoms with E-state index in [2.05, 4.69) is 59.2 Å². The molecule has 1 aliphatic rings. The molecule has 0 amide bonds. The molecule has 5 rings (SSSR count). The lowest BCUT2D eigenvalue weighted by molar-refractivity contribution is 0.0384. The Hall–Kier alpha value is -3.30. The fourth-order valence-electron chi connectivity index (χ4n) is 5.15. The maximum atomic E-state index is 13.2. The molecule has 36 heavy (non-hydrogen) atoms. The standard InChI is InChI=1S/C27H34N6O3/c1-17(2)25(26-29-30-31-33(26)16-23-8-6-10-36-23)32(15-22-7-5-9-35-22)14-21-13-20-11-18(3)19(4)12-24(20)28-27(21)34/h6,8,10-13,17,22,25H,5,7,9,14-16H2,1-4H3,(H,28,34)/t22-,25-/m0/s1. The smallest absolute Gasteiger partial charge is 0.252 e. The number of tetrazole rings is 1. The van der Waals surface area contributed by atoms with E-state index in [0.29, 0.717) is 19.6 Å². The number of fused-ring (bicyclic) bond motifs is 1. The summed E-state index contributed by atoms with van der Waals surface area (Å²) in [6.07, 6.45) is 3.82. The first kappa shape index (κ1) is 24.4. The lowest BCUT2D eigenvalue weighted by Gasteiger charge is -2.35. The van der Waals surface area contributed by atoms with Crippen LogP contribution >= 0.6 is 0 Å². The van der Waals surface area contributed by atoms with Gasteiger partial charge in [0.15, 0.2) is 5.82 Å². The van der Waals surface area contributed by atoms with Crippen LogP contribution in [0, 0.1) is 19.8 Å². The first-order valence-corrected chi connectivity index (χ1v) is 12.7. The van der Waals surface area contributed by atoms with Crippen LogP contribution in [0.4, 0.5) is 0 Å². The third kappa shape index (κ3) is 5.12. The van der Waals surface area contributed by atoms with Crippen molar-refractivity contribution in [2.45, 2.75) is 65.8 Å². The molecular weight excluding hydrogens is 456 g/mol. The summed E-state index contributed by atoms with van der Waals surface area (Å²) < 4.78 is 13.4. The van der Waals surface area contributed by atoms with E-state index in [1.807, 2.05) is 24.3 Å². The van der Waals surface area contributed by atoms with Crippen LogP contribution in [0.5, 0.6) is 0 Å². The lowest BCUT2D eigenvalue weighted by Crippen LogP contribution is -2.40. The number of nitrogens with one attached hydrogen (secondary N) is 1. The highest BCUT2D eigenvalue weighted by Crippen LogP contribution is 2.30. The van der Waals surface area contributed by atoms with Crippen molar-refractivity contribution in [1.82, 2.24) is 30.1 Å². The van der Waals surface area contributed by atoms with Crippen LogP contribution in [-0.2, 0) is 17.8 Å². The van der Waals surface area contributed by atoms with Crippen molar-refractivity contribution in [3.8, 4) is 0 Å². The zero-order valence-corrected chi connectivity index (χ0v) is 21.4. The van der Waals surface area contributed by atoms with Gasteiger partial charge >= 0.3 is 0 Å². The molecule has 1 fully saturated rings. The Labute approximate surface area is 210 Å². The van der Waals surface area contributed by atoms with Gasteiger partial charge in [0.2, 0.25) is 0 Å². The Morgan fingerprint density at radius 3 is 2.78 bits per heavy atom. The normalized spacial score (nSPS) is 17.0. The monoisotopic (exact) mass is 490 g/mol. The van der Waals surface area contributed by atoms with E-state index in [4.69, 9.17) is 9.15 Å². The second kappa shape index (κ2) is 10.4. The summed E-state index contributed by atoms with van der Waals surface area (Å²) in [5.41, 5.74) is 3.88. The predicted octanol–water partition coefficient (Wildman–Crippen LogP) is 4.15. The molecule has 1 aliphatic heterocycles. The van der Waals surface area contributed by atoms with E-state index in [1.54, 1.807) is 10.9 Å². The molecule has 0 unspecified atom stereocenters. The number of hydrogen-bond acceptors (Lipinski definition) is 7. The van der Waals surface area contributed by atoms with Gasteiger partial charge in [-0.2, -0.15) is 0 Å². The number of ether oxygens (including phenoxy) is 1. The second-order valence-electron chi connectivity index (χ2n) is 10.2. The minimum atomic E-state index is -0.117. The van der Waals surface area contributed by atoms with Gasteiger partial charge in [0.05, 0.1) is 18.4 Å². The highest BCUT2D eigenvalue weighted by molar-refractivity contribution is 5.80. The summed E-state index contributed by atoms with van der Waals surface area (Å²) in [4.78, 5) is 18.6. The highest BCUT2D eigenvalue weighted by Gasteiger charge is 2.32. The Morgan fingerprint density at radius 1 is 1.22 bits per heavy atom. The summed E-state index contributed by atoms with van der Waals surface area (Å²) >= 11 is 0. The third-order valence-electron chi connectivity index (χ3n) is 7.11. The molecule has 4 aromatic rings. The average molecular weight is 491 g/mol. The van der Waals surface area contributed by atoms with Crippen molar-refractivity contribution in [3.63, 3.8) is 0 Å². The molecule has 1 saturated heterocycles. The number of benzene rings is 1. The number of hydrogen-bond donors (Lipinski definition) is 1.